The molecule has 3 rings (SSSR count). The molecule has 98 valence electrons. The Labute approximate surface area is 106 Å². The molecule has 0 N–H and O–H groups in total. The van der Waals surface area contributed by atoms with Crippen LogP contribution in [0.3, 0.4) is 0 Å². The quantitative estimate of drug-likeness (QED) is 0.772. The van der Waals surface area contributed by atoms with Gasteiger partial charge >= 0.3 is 5.97 Å². The molecule has 1 aromatic heterocycles. The second kappa shape index (κ2) is 4.72. The van der Waals surface area contributed by atoms with Crippen LogP contribution in [0.1, 0.15) is 60.4 Å². The van der Waals surface area contributed by atoms with E-state index in [1.54, 1.807) is 4.68 Å². The first-order valence-corrected chi connectivity index (χ1v) is 6.59. The maximum Gasteiger partial charge on any atom is 0.356 e. The minimum atomic E-state index is -0.330. The topological polar surface area (TPSA) is 53.3 Å². The zero-order chi connectivity index (χ0) is 12.5. The molecular weight excluding hydrogens is 232 g/mol. The van der Waals surface area contributed by atoms with E-state index in [1.165, 1.54) is 20.0 Å². The summed E-state index contributed by atoms with van der Waals surface area (Å²) in [5.41, 5.74) is 1.52. The first kappa shape index (κ1) is 11.7. The summed E-state index contributed by atoms with van der Waals surface area (Å²) >= 11 is 0. The Morgan fingerprint density at radius 2 is 2.28 bits per heavy atom. The number of aromatic nitrogens is 2. The van der Waals surface area contributed by atoms with Gasteiger partial charge in [-0.25, -0.2) is 9.48 Å². The Morgan fingerprint density at radius 1 is 1.44 bits per heavy atom. The van der Waals surface area contributed by atoms with Crippen LogP contribution in [0.15, 0.2) is 6.07 Å². The minimum Gasteiger partial charge on any atom is -0.464 e. The van der Waals surface area contributed by atoms with E-state index < -0.39 is 0 Å². The molecule has 0 amide bonds. The molecule has 5 nitrogen and oxygen atoms in total. The van der Waals surface area contributed by atoms with Crippen LogP contribution in [0.25, 0.3) is 0 Å². The van der Waals surface area contributed by atoms with Gasteiger partial charge in [0.15, 0.2) is 6.23 Å². The molecule has 2 fully saturated rings. The molecule has 0 bridgehead atoms. The highest BCUT2D eigenvalue weighted by molar-refractivity contribution is 5.87. The van der Waals surface area contributed by atoms with Crippen molar-refractivity contribution in [3.63, 3.8) is 0 Å². The van der Waals surface area contributed by atoms with Crippen molar-refractivity contribution in [2.75, 3.05) is 13.7 Å². The third kappa shape index (κ3) is 2.14. The maximum absolute atomic E-state index is 11.8. The third-order valence-corrected chi connectivity index (χ3v) is 3.57. The molecule has 1 aliphatic carbocycles. The van der Waals surface area contributed by atoms with Gasteiger partial charge in [-0.2, -0.15) is 5.10 Å². The first-order chi connectivity index (χ1) is 8.79. The van der Waals surface area contributed by atoms with Gasteiger partial charge in [0.25, 0.3) is 0 Å². The number of esters is 1. The zero-order valence-corrected chi connectivity index (χ0v) is 10.6. The number of hydrogen-bond donors (Lipinski definition) is 0. The number of carbonyl (C=O) groups excluding carboxylic acids is 1. The van der Waals surface area contributed by atoms with Crippen LogP contribution >= 0.6 is 0 Å². The Morgan fingerprint density at radius 3 is 2.89 bits per heavy atom. The normalized spacial score (nSPS) is 23.9. The number of methoxy groups -OCH3 is 1. The lowest BCUT2D eigenvalue weighted by molar-refractivity contribution is -0.0417. The molecule has 1 atom stereocenters. The SMILES string of the molecule is COC(=O)c1cc(C2CC2)nn1C1CCCCO1. The fourth-order valence-electron chi connectivity index (χ4n) is 2.39. The van der Waals surface area contributed by atoms with Gasteiger partial charge in [0.2, 0.25) is 0 Å². The van der Waals surface area contributed by atoms with Crippen molar-refractivity contribution < 1.29 is 14.3 Å². The van der Waals surface area contributed by atoms with E-state index in [0.29, 0.717) is 11.6 Å². The van der Waals surface area contributed by atoms with Crippen molar-refractivity contribution in [1.29, 1.82) is 0 Å². The third-order valence-electron chi connectivity index (χ3n) is 3.57. The average molecular weight is 250 g/mol. The summed E-state index contributed by atoms with van der Waals surface area (Å²) in [5, 5.41) is 4.56. The largest absolute Gasteiger partial charge is 0.464 e. The molecule has 1 saturated carbocycles. The standard InChI is InChI=1S/C13H18N2O3/c1-17-13(16)11-8-10(9-5-6-9)14-15(11)12-4-2-3-7-18-12/h8-9,12H,2-7H2,1H3. The van der Waals surface area contributed by atoms with Gasteiger partial charge in [0, 0.05) is 12.5 Å². The van der Waals surface area contributed by atoms with Crippen molar-refractivity contribution in [2.45, 2.75) is 44.2 Å². The Bertz CT molecular complexity index is 445. The number of carbonyl (C=O) groups is 1. The van der Waals surface area contributed by atoms with Crippen LogP contribution in [0.4, 0.5) is 0 Å². The summed E-state index contributed by atoms with van der Waals surface area (Å²) in [5.74, 6) is 0.196. The average Bonchev–Trinajstić information content (AvgIpc) is 3.18. The van der Waals surface area contributed by atoms with Crippen molar-refractivity contribution >= 4 is 5.97 Å². The van der Waals surface area contributed by atoms with Gasteiger partial charge in [-0.05, 0) is 38.2 Å². The number of ether oxygens (including phenoxy) is 2. The summed E-state index contributed by atoms with van der Waals surface area (Å²) in [4.78, 5) is 11.8. The molecule has 1 unspecified atom stereocenters. The lowest BCUT2D eigenvalue weighted by Crippen LogP contribution is -2.23. The van der Waals surface area contributed by atoms with Crippen LogP contribution in [-0.4, -0.2) is 29.5 Å². The van der Waals surface area contributed by atoms with Gasteiger partial charge in [-0.15, -0.1) is 0 Å². The fourth-order valence-corrected chi connectivity index (χ4v) is 2.39. The molecule has 1 aliphatic heterocycles. The van der Waals surface area contributed by atoms with Crippen molar-refractivity contribution in [1.82, 2.24) is 9.78 Å². The molecule has 1 saturated heterocycles. The van der Waals surface area contributed by atoms with Crippen LogP contribution in [0.2, 0.25) is 0 Å². The van der Waals surface area contributed by atoms with Crippen LogP contribution < -0.4 is 0 Å². The number of hydrogen-bond acceptors (Lipinski definition) is 4. The minimum absolute atomic E-state index is 0.111. The van der Waals surface area contributed by atoms with Gasteiger partial charge in [0.05, 0.1) is 12.8 Å². The number of nitrogens with zero attached hydrogens (tertiary/aromatic N) is 2. The van der Waals surface area contributed by atoms with E-state index in [2.05, 4.69) is 5.10 Å². The van der Waals surface area contributed by atoms with E-state index >= 15 is 0 Å². The Hall–Kier alpha value is -1.36. The molecule has 1 aromatic rings. The van der Waals surface area contributed by atoms with Gasteiger partial charge in [-0.1, -0.05) is 0 Å². The van der Waals surface area contributed by atoms with Gasteiger partial charge < -0.3 is 9.47 Å². The van der Waals surface area contributed by atoms with Crippen molar-refractivity contribution in [3.8, 4) is 0 Å². The first-order valence-electron chi connectivity index (χ1n) is 6.59. The fraction of sp³-hybridized carbons (Fsp3) is 0.692. The van der Waals surface area contributed by atoms with E-state index in [4.69, 9.17) is 9.47 Å². The second-order valence-corrected chi connectivity index (χ2v) is 4.99. The monoisotopic (exact) mass is 250 g/mol. The van der Waals surface area contributed by atoms with Crippen molar-refractivity contribution in [2.24, 2.45) is 0 Å². The maximum atomic E-state index is 11.8. The summed E-state index contributed by atoms with van der Waals surface area (Å²) in [7, 11) is 1.40. The second-order valence-electron chi connectivity index (χ2n) is 4.99. The Balaban J connectivity index is 1.91. The van der Waals surface area contributed by atoms with E-state index in [0.717, 1.165) is 31.6 Å². The van der Waals surface area contributed by atoms with Gasteiger partial charge in [0.1, 0.15) is 5.69 Å². The van der Waals surface area contributed by atoms with Gasteiger partial charge in [-0.3, -0.25) is 0 Å². The molecule has 5 heteroatoms. The van der Waals surface area contributed by atoms with Crippen LogP contribution in [0, 0.1) is 0 Å². The molecule has 18 heavy (non-hydrogen) atoms. The highest BCUT2D eigenvalue weighted by Crippen LogP contribution is 2.40. The lowest BCUT2D eigenvalue weighted by Gasteiger charge is -2.23. The highest BCUT2D eigenvalue weighted by atomic mass is 16.5. The predicted octanol–water partition coefficient (Wildman–Crippen LogP) is 2.25. The molecular formula is C13H18N2O3. The zero-order valence-electron chi connectivity index (χ0n) is 10.6. The van der Waals surface area contributed by atoms with E-state index in [9.17, 15) is 4.79 Å². The summed E-state index contributed by atoms with van der Waals surface area (Å²) in [6.45, 7) is 0.740. The van der Waals surface area contributed by atoms with E-state index in [-0.39, 0.29) is 12.2 Å². The molecule has 2 heterocycles. The molecule has 2 aliphatic rings. The summed E-state index contributed by atoms with van der Waals surface area (Å²) < 4.78 is 12.3. The lowest BCUT2D eigenvalue weighted by atomic mass is 10.2. The molecule has 0 radical (unpaired) electrons. The van der Waals surface area contributed by atoms with Crippen LogP contribution in [0.5, 0.6) is 0 Å². The van der Waals surface area contributed by atoms with Crippen molar-refractivity contribution in [3.05, 3.63) is 17.5 Å². The molecule has 0 spiro atoms. The van der Waals surface area contributed by atoms with E-state index in [1.807, 2.05) is 6.07 Å². The number of rotatable bonds is 3. The predicted molar refractivity (Wildman–Crippen MR) is 64.4 cm³/mol. The Kier molecular flexibility index (Phi) is 3.07. The molecule has 0 aromatic carbocycles. The van der Waals surface area contributed by atoms with Crippen LogP contribution in [-0.2, 0) is 9.47 Å². The smallest absolute Gasteiger partial charge is 0.356 e. The summed E-state index contributed by atoms with van der Waals surface area (Å²) in [6.07, 6.45) is 5.34. The highest BCUT2D eigenvalue weighted by Gasteiger charge is 2.31. The summed E-state index contributed by atoms with van der Waals surface area (Å²) in [6, 6.07) is 1.86.